The number of carbonyl (C=O) groups excluding carboxylic acids is 3. The van der Waals surface area contributed by atoms with Gasteiger partial charge in [-0.25, -0.2) is 4.98 Å². The summed E-state index contributed by atoms with van der Waals surface area (Å²) < 4.78 is 0.979. The van der Waals surface area contributed by atoms with E-state index in [2.05, 4.69) is 5.32 Å². The van der Waals surface area contributed by atoms with Crippen LogP contribution < -0.4 is 5.32 Å². The summed E-state index contributed by atoms with van der Waals surface area (Å²) in [6.07, 6.45) is 13.4. The van der Waals surface area contributed by atoms with Gasteiger partial charge in [0.2, 0.25) is 5.91 Å². The van der Waals surface area contributed by atoms with Gasteiger partial charge in [-0.2, -0.15) is 0 Å². The van der Waals surface area contributed by atoms with Gasteiger partial charge in [0.15, 0.2) is 5.78 Å². The van der Waals surface area contributed by atoms with Gasteiger partial charge >= 0.3 is 0 Å². The molecular weight excluding hydrogens is 530 g/mol. The molecule has 8 heteroatoms. The van der Waals surface area contributed by atoms with Crippen LogP contribution in [-0.2, 0) is 20.8 Å². The molecule has 0 aliphatic heterocycles. The smallest absolute Gasteiger partial charge is 0.224 e. The largest absolute Gasteiger partial charge is 0.353 e. The van der Waals surface area contributed by atoms with E-state index in [1.54, 1.807) is 6.08 Å². The second-order valence-corrected chi connectivity index (χ2v) is 12.8. The monoisotopic (exact) mass is 573 g/mol. The van der Waals surface area contributed by atoms with Crippen molar-refractivity contribution in [1.82, 2.24) is 15.2 Å². The van der Waals surface area contributed by atoms with Crippen LogP contribution in [0.3, 0.4) is 0 Å². The first-order chi connectivity index (χ1) is 18.7. The Morgan fingerprint density at radius 1 is 1.18 bits per heavy atom. The van der Waals surface area contributed by atoms with Gasteiger partial charge in [-0.1, -0.05) is 56.7 Å². The number of allylic oxidation sites excluding steroid dienone is 1. The Balaban J connectivity index is 1.72. The Morgan fingerprint density at radius 3 is 2.67 bits per heavy atom. The van der Waals surface area contributed by atoms with Crippen molar-refractivity contribution in [3.05, 3.63) is 40.4 Å². The van der Waals surface area contributed by atoms with Gasteiger partial charge in [-0.05, 0) is 63.6 Å². The Kier molecular flexibility index (Phi) is 13.1. The lowest BCUT2D eigenvalue weighted by Gasteiger charge is -2.28. The topological polar surface area (TPSA) is 79.4 Å². The molecule has 2 aromatic rings. The maximum atomic E-state index is 13.7. The molecule has 1 saturated carbocycles. The fourth-order valence-electron chi connectivity index (χ4n) is 5.35. The van der Waals surface area contributed by atoms with E-state index < -0.39 is 5.92 Å². The van der Waals surface area contributed by atoms with Crippen LogP contribution in [0.5, 0.6) is 0 Å². The maximum Gasteiger partial charge on any atom is 0.224 e. The van der Waals surface area contributed by atoms with E-state index in [-0.39, 0.29) is 29.9 Å². The number of halogens is 1. The van der Waals surface area contributed by atoms with E-state index >= 15 is 0 Å². The van der Waals surface area contributed by atoms with Gasteiger partial charge in [-0.15, -0.1) is 11.3 Å². The number of amides is 1. The van der Waals surface area contributed by atoms with Gasteiger partial charge in [0, 0.05) is 43.3 Å². The standard InChI is InChI=1S/C31H44ClN3O3S/c1-4-9-27(37)19-23(20-30-34-28-16-13-24(32)21-29(28)39-30)31(38)33-25(18-22-10-6-5-7-11-22)14-15-26(36)12-8-17-35(2)3/h8,12-13,16,21-23,25H,4-7,9-11,14-15,17-20H2,1-3H3,(H,33,38)/b12-8+/t23-,25+/m0/s1. The number of nitrogens with one attached hydrogen (secondary N) is 1. The second-order valence-electron chi connectivity index (χ2n) is 11.2. The van der Waals surface area contributed by atoms with Crippen molar-refractivity contribution >= 4 is 50.6 Å². The molecule has 1 aliphatic rings. The molecule has 1 aromatic heterocycles. The molecule has 1 amide bonds. The van der Waals surface area contributed by atoms with Gasteiger partial charge < -0.3 is 10.2 Å². The highest BCUT2D eigenvalue weighted by Gasteiger charge is 2.27. The van der Waals surface area contributed by atoms with Crippen molar-refractivity contribution in [3.63, 3.8) is 0 Å². The molecule has 6 nitrogen and oxygen atoms in total. The quantitative estimate of drug-likeness (QED) is 0.224. The average Bonchev–Trinajstić information content (AvgIpc) is 3.28. The molecule has 1 N–H and O–H groups in total. The van der Waals surface area contributed by atoms with Crippen LogP contribution in [-0.4, -0.2) is 54.0 Å². The first-order valence-corrected chi connectivity index (χ1v) is 15.6. The summed E-state index contributed by atoms with van der Waals surface area (Å²) in [6, 6.07) is 5.51. The number of benzene rings is 1. The molecule has 214 valence electrons. The molecular formula is C31H44ClN3O3S. The minimum atomic E-state index is -0.482. The molecule has 1 aliphatic carbocycles. The number of nitrogens with zero attached hydrogens (tertiary/aromatic N) is 2. The number of likely N-dealkylation sites (N-methyl/N-ethyl adjacent to an activating group) is 1. The zero-order valence-corrected chi connectivity index (χ0v) is 25.3. The Hall–Kier alpha value is -2.09. The highest BCUT2D eigenvalue weighted by Crippen LogP contribution is 2.30. The number of ketones is 2. The number of Topliss-reactive ketones (excluding diaryl/α,β-unsaturated/α-hetero) is 1. The second kappa shape index (κ2) is 16.2. The number of rotatable bonds is 16. The lowest BCUT2D eigenvalue weighted by molar-refractivity contribution is -0.130. The van der Waals surface area contributed by atoms with Gasteiger partial charge in [-0.3, -0.25) is 14.4 Å². The normalized spacial score (nSPS) is 16.1. The number of fused-ring (bicyclic) bond motifs is 1. The summed E-state index contributed by atoms with van der Waals surface area (Å²) in [5.41, 5.74) is 0.856. The SMILES string of the molecule is CCCC(=O)C[C@@H](Cc1nc2ccc(Cl)cc2s1)C(=O)N[C@H](CCC(=O)/C=C/CN(C)C)CC1CCCCC1. The lowest BCUT2D eigenvalue weighted by atomic mass is 9.83. The molecule has 1 fully saturated rings. The molecule has 39 heavy (non-hydrogen) atoms. The summed E-state index contributed by atoms with van der Waals surface area (Å²) in [5.74, 6) is 0.171. The van der Waals surface area contributed by atoms with Crippen LogP contribution >= 0.6 is 22.9 Å². The Bertz CT molecular complexity index is 1120. The van der Waals surface area contributed by atoms with Crippen molar-refractivity contribution in [1.29, 1.82) is 0 Å². The molecule has 0 saturated heterocycles. The molecule has 3 rings (SSSR count). The maximum absolute atomic E-state index is 13.7. The van der Waals surface area contributed by atoms with Crippen molar-refractivity contribution in [2.24, 2.45) is 11.8 Å². The average molecular weight is 574 g/mol. The third kappa shape index (κ3) is 11.1. The number of carbonyl (C=O) groups is 3. The summed E-state index contributed by atoms with van der Waals surface area (Å²) in [7, 11) is 3.94. The minimum absolute atomic E-state index is 0.0789. The molecule has 0 spiro atoms. The van der Waals surface area contributed by atoms with E-state index in [9.17, 15) is 14.4 Å². The first-order valence-electron chi connectivity index (χ1n) is 14.4. The van der Waals surface area contributed by atoms with Crippen molar-refractivity contribution in [3.8, 4) is 0 Å². The predicted molar refractivity (Wildman–Crippen MR) is 161 cm³/mol. The van der Waals surface area contributed by atoms with Crippen LogP contribution in [0.25, 0.3) is 10.2 Å². The van der Waals surface area contributed by atoms with Gasteiger partial charge in [0.25, 0.3) is 0 Å². The van der Waals surface area contributed by atoms with Gasteiger partial charge in [0.1, 0.15) is 5.78 Å². The summed E-state index contributed by atoms with van der Waals surface area (Å²) in [5, 5.41) is 4.77. The fourth-order valence-corrected chi connectivity index (χ4v) is 6.67. The molecule has 0 radical (unpaired) electrons. The van der Waals surface area contributed by atoms with Crippen molar-refractivity contribution in [2.75, 3.05) is 20.6 Å². The molecule has 1 aromatic carbocycles. The molecule has 0 unspecified atom stereocenters. The van der Waals surface area contributed by atoms with Crippen LogP contribution in [0.1, 0.15) is 82.6 Å². The predicted octanol–water partition coefficient (Wildman–Crippen LogP) is 6.79. The van der Waals surface area contributed by atoms with E-state index in [0.29, 0.717) is 36.6 Å². The fraction of sp³-hybridized carbons (Fsp3) is 0.613. The number of hydrogen-bond donors (Lipinski definition) is 1. The zero-order chi connectivity index (χ0) is 28.2. The van der Waals surface area contributed by atoms with Crippen LogP contribution in [0.15, 0.2) is 30.4 Å². The Morgan fingerprint density at radius 2 is 1.95 bits per heavy atom. The third-order valence-electron chi connectivity index (χ3n) is 7.39. The van der Waals surface area contributed by atoms with Crippen molar-refractivity contribution in [2.45, 2.75) is 90.0 Å². The van der Waals surface area contributed by atoms with E-state index in [4.69, 9.17) is 16.6 Å². The number of thiazole rings is 1. The van der Waals surface area contributed by atoms with Crippen LogP contribution in [0.4, 0.5) is 0 Å². The summed E-state index contributed by atoms with van der Waals surface area (Å²) in [4.78, 5) is 45.6. The van der Waals surface area contributed by atoms with Crippen LogP contribution in [0.2, 0.25) is 5.02 Å². The molecule has 0 bridgehead atoms. The van der Waals surface area contributed by atoms with E-state index in [0.717, 1.165) is 34.6 Å². The molecule has 1 heterocycles. The lowest BCUT2D eigenvalue weighted by Crippen LogP contribution is -2.41. The van der Waals surface area contributed by atoms with E-state index in [1.165, 1.54) is 43.4 Å². The summed E-state index contributed by atoms with van der Waals surface area (Å²) >= 11 is 7.68. The van der Waals surface area contributed by atoms with E-state index in [1.807, 2.05) is 50.2 Å². The minimum Gasteiger partial charge on any atom is -0.353 e. The highest BCUT2D eigenvalue weighted by molar-refractivity contribution is 7.18. The van der Waals surface area contributed by atoms with Crippen molar-refractivity contribution < 1.29 is 14.4 Å². The number of hydrogen-bond acceptors (Lipinski definition) is 6. The Labute approximate surface area is 242 Å². The number of aromatic nitrogens is 1. The van der Waals surface area contributed by atoms with Crippen LogP contribution in [0, 0.1) is 11.8 Å². The third-order valence-corrected chi connectivity index (χ3v) is 8.67. The summed E-state index contributed by atoms with van der Waals surface area (Å²) in [6.45, 7) is 2.70. The highest BCUT2D eigenvalue weighted by atomic mass is 35.5. The first kappa shape index (κ1) is 31.4. The molecule has 2 atom stereocenters. The zero-order valence-electron chi connectivity index (χ0n) is 23.7. The van der Waals surface area contributed by atoms with Gasteiger partial charge in [0.05, 0.1) is 21.1 Å².